The number of nitrogens with one attached hydrogen (secondary N) is 1. The zero-order valence-electron chi connectivity index (χ0n) is 8.97. The minimum Gasteiger partial charge on any atom is -0.340 e. The fraction of sp³-hybridized carbons (Fsp3) is 0.0833. The molecule has 0 aliphatic rings. The topological polar surface area (TPSA) is 24.9 Å². The number of aryl methyl sites for hydroxylation is 1. The number of nitrogens with zero attached hydrogens (tertiary/aromatic N) is 1. The smallest absolute Gasteiger partial charge is 0.130 e. The summed E-state index contributed by atoms with van der Waals surface area (Å²) in [6, 6.07) is 6.13. The molecule has 2 rings (SSSR count). The van der Waals surface area contributed by atoms with E-state index in [4.69, 9.17) is 11.6 Å². The van der Waals surface area contributed by atoms with Crippen LogP contribution in [0.1, 0.15) is 5.56 Å². The average Bonchev–Trinajstić information content (AvgIpc) is 2.22. The molecule has 1 heterocycles. The predicted octanol–water partition coefficient (Wildman–Crippen LogP) is 4.69. The van der Waals surface area contributed by atoms with Crippen molar-refractivity contribution in [2.24, 2.45) is 0 Å². The molecule has 2 aromatic rings. The van der Waals surface area contributed by atoms with Crippen LogP contribution in [0.25, 0.3) is 0 Å². The fourth-order valence-corrected chi connectivity index (χ4v) is 1.82. The Kier molecular flexibility index (Phi) is 3.64. The maximum absolute atomic E-state index is 13.1. The van der Waals surface area contributed by atoms with Crippen LogP contribution in [0.2, 0.25) is 5.02 Å². The van der Waals surface area contributed by atoms with Crippen LogP contribution in [0.3, 0.4) is 0 Å². The highest BCUT2D eigenvalue weighted by Crippen LogP contribution is 2.23. The van der Waals surface area contributed by atoms with Crippen molar-refractivity contribution in [2.45, 2.75) is 6.92 Å². The molecule has 0 saturated carbocycles. The number of hydrogen-bond acceptors (Lipinski definition) is 2. The third kappa shape index (κ3) is 3.17. The highest BCUT2D eigenvalue weighted by molar-refractivity contribution is 9.10. The summed E-state index contributed by atoms with van der Waals surface area (Å²) in [5, 5.41) is 3.35. The molecule has 88 valence electrons. The third-order valence-electron chi connectivity index (χ3n) is 2.18. The molecule has 5 heteroatoms. The quantitative estimate of drug-likeness (QED) is 0.869. The van der Waals surface area contributed by atoms with Gasteiger partial charge >= 0.3 is 0 Å². The molecule has 2 nitrogen and oxygen atoms in total. The van der Waals surface area contributed by atoms with Crippen LogP contribution < -0.4 is 5.32 Å². The Bertz CT molecular complexity index is 540. The van der Waals surface area contributed by atoms with Gasteiger partial charge in [-0.2, -0.15) is 0 Å². The molecule has 0 atom stereocenters. The van der Waals surface area contributed by atoms with Gasteiger partial charge in [0.15, 0.2) is 0 Å². The number of aromatic nitrogens is 1. The Morgan fingerprint density at radius 1 is 1.29 bits per heavy atom. The van der Waals surface area contributed by atoms with Gasteiger partial charge in [-0.25, -0.2) is 9.37 Å². The van der Waals surface area contributed by atoms with E-state index in [0.717, 1.165) is 10.0 Å². The molecule has 0 bridgehead atoms. The molecular weight excluding hydrogens is 307 g/mol. The first-order valence-electron chi connectivity index (χ1n) is 4.90. The first-order chi connectivity index (χ1) is 8.04. The minimum absolute atomic E-state index is 0.348. The molecule has 0 radical (unpaired) electrons. The lowest BCUT2D eigenvalue weighted by Crippen LogP contribution is -1.95. The Morgan fingerprint density at radius 2 is 2.06 bits per heavy atom. The largest absolute Gasteiger partial charge is 0.340 e. The van der Waals surface area contributed by atoms with E-state index in [1.807, 2.05) is 13.0 Å². The normalized spacial score (nSPS) is 10.4. The van der Waals surface area contributed by atoms with E-state index in [9.17, 15) is 4.39 Å². The van der Waals surface area contributed by atoms with Gasteiger partial charge in [-0.1, -0.05) is 11.6 Å². The number of anilines is 2. The predicted molar refractivity (Wildman–Crippen MR) is 71.4 cm³/mol. The summed E-state index contributed by atoms with van der Waals surface area (Å²) in [4.78, 5) is 4.17. The lowest BCUT2D eigenvalue weighted by Gasteiger charge is -2.07. The SMILES string of the molecule is Cc1cc(Nc2cc(F)cc(Cl)c2)ncc1Br. The zero-order chi connectivity index (χ0) is 12.4. The fourth-order valence-electron chi connectivity index (χ4n) is 1.38. The van der Waals surface area contributed by atoms with Crippen molar-refractivity contribution in [3.05, 3.63) is 51.3 Å². The highest BCUT2D eigenvalue weighted by Gasteiger charge is 2.02. The van der Waals surface area contributed by atoms with Gasteiger partial charge in [0.25, 0.3) is 0 Å². The maximum Gasteiger partial charge on any atom is 0.130 e. The summed E-state index contributed by atoms with van der Waals surface area (Å²) in [6.45, 7) is 1.95. The van der Waals surface area contributed by atoms with E-state index in [0.29, 0.717) is 16.5 Å². The molecule has 0 amide bonds. The van der Waals surface area contributed by atoms with Gasteiger partial charge in [0.05, 0.1) is 0 Å². The van der Waals surface area contributed by atoms with E-state index in [1.54, 1.807) is 12.3 Å². The van der Waals surface area contributed by atoms with Crippen molar-refractivity contribution in [3.8, 4) is 0 Å². The summed E-state index contributed by atoms with van der Waals surface area (Å²) in [6.07, 6.45) is 1.69. The monoisotopic (exact) mass is 314 g/mol. The molecular formula is C12H9BrClFN2. The molecule has 1 aromatic carbocycles. The van der Waals surface area contributed by atoms with Crippen molar-refractivity contribution < 1.29 is 4.39 Å². The molecule has 0 spiro atoms. The maximum atomic E-state index is 13.1. The lowest BCUT2D eigenvalue weighted by atomic mass is 10.2. The molecule has 0 fully saturated rings. The van der Waals surface area contributed by atoms with Crippen molar-refractivity contribution in [3.63, 3.8) is 0 Å². The highest BCUT2D eigenvalue weighted by atomic mass is 79.9. The van der Waals surface area contributed by atoms with Crippen molar-refractivity contribution in [1.82, 2.24) is 4.98 Å². The Morgan fingerprint density at radius 3 is 2.71 bits per heavy atom. The number of pyridine rings is 1. The summed E-state index contributed by atoms with van der Waals surface area (Å²) >= 11 is 9.13. The second kappa shape index (κ2) is 5.02. The summed E-state index contributed by atoms with van der Waals surface area (Å²) in [5.74, 6) is 0.265. The van der Waals surface area contributed by atoms with E-state index in [1.165, 1.54) is 12.1 Å². The van der Waals surface area contributed by atoms with Crippen molar-refractivity contribution in [2.75, 3.05) is 5.32 Å². The second-order valence-corrected chi connectivity index (χ2v) is 4.89. The van der Waals surface area contributed by atoms with Gasteiger partial charge in [-0.05, 0) is 52.7 Å². The van der Waals surface area contributed by atoms with Gasteiger partial charge in [0.1, 0.15) is 11.6 Å². The number of rotatable bonds is 2. The van der Waals surface area contributed by atoms with Crippen molar-refractivity contribution >= 4 is 39.0 Å². The first-order valence-corrected chi connectivity index (χ1v) is 6.07. The van der Waals surface area contributed by atoms with Gasteiger partial charge in [0, 0.05) is 21.4 Å². The minimum atomic E-state index is -0.381. The van der Waals surface area contributed by atoms with Gasteiger partial charge in [-0.3, -0.25) is 0 Å². The van der Waals surface area contributed by atoms with Crippen LogP contribution >= 0.6 is 27.5 Å². The lowest BCUT2D eigenvalue weighted by molar-refractivity contribution is 0.628. The Balaban J connectivity index is 2.28. The van der Waals surface area contributed by atoms with E-state index < -0.39 is 0 Å². The van der Waals surface area contributed by atoms with E-state index in [2.05, 4.69) is 26.2 Å². The van der Waals surface area contributed by atoms with Gasteiger partial charge in [0.2, 0.25) is 0 Å². The van der Waals surface area contributed by atoms with Crippen LogP contribution in [0.5, 0.6) is 0 Å². The first kappa shape index (κ1) is 12.3. The summed E-state index contributed by atoms with van der Waals surface area (Å²) < 4.78 is 14.1. The molecule has 0 saturated heterocycles. The van der Waals surface area contributed by atoms with Crippen LogP contribution in [-0.4, -0.2) is 4.98 Å². The molecule has 1 N–H and O–H groups in total. The molecule has 1 aromatic heterocycles. The molecule has 0 aliphatic carbocycles. The van der Waals surface area contributed by atoms with Gasteiger partial charge < -0.3 is 5.32 Å². The van der Waals surface area contributed by atoms with E-state index >= 15 is 0 Å². The number of benzene rings is 1. The van der Waals surface area contributed by atoms with Crippen LogP contribution in [0, 0.1) is 12.7 Å². The summed E-state index contributed by atoms with van der Waals surface area (Å²) in [5.41, 5.74) is 1.62. The average molecular weight is 316 g/mol. The number of halogens is 3. The van der Waals surface area contributed by atoms with Crippen LogP contribution in [0.15, 0.2) is 34.9 Å². The second-order valence-electron chi connectivity index (χ2n) is 3.60. The molecule has 0 aliphatic heterocycles. The standard InChI is InChI=1S/C12H9BrClFN2/c1-7-2-12(16-6-11(7)13)17-10-4-8(14)3-9(15)5-10/h2-6H,1H3,(H,16,17). The summed E-state index contributed by atoms with van der Waals surface area (Å²) in [7, 11) is 0. The zero-order valence-corrected chi connectivity index (χ0v) is 11.3. The van der Waals surface area contributed by atoms with E-state index in [-0.39, 0.29) is 5.82 Å². The Labute approximate surface area is 112 Å². The number of hydrogen-bond donors (Lipinski definition) is 1. The molecule has 0 unspecified atom stereocenters. The van der Waals surface area contributed by atoms with Crippen LogP contribution in [-0.2, 0) is 0 Å². The van der Waals surface area contributed by atoms with Crippen LogP contribution in [0.4, 0.5) is 15.9 Å². The third-order valence-corrected chi connectivity index (χ3v) is 3.23. The molecule has 17 heavy (non-hydrogen) atoms. The van der Waals surface area contributed by atoms with Gasteiger partial charge in [-0.15, -0.1) is 0 Å². The van der Waals surface area contributed by atoms with Crippen molar-refractivity contribution in [1.29, 1.82) is 0 Å². The Hall–Kier alpha value is -1.13.